The Morgan fingerprint density at radius 1 is 1.13 bits per heavy atom. The topological polar surface area (TPSA) is 49.8 Å². The number of hydrogen-bond acceptors (Lipinski definition) is 3. The molecule has 0 atom stereocenters. The molecule has 1 aromatic carbocycles. The van der Waals surface area contributed by atoms with Gasteiger partial charge in [0.05, 0.1) is 24.0 Å². The second-order valence-electron chi connectivity index (χ2n) is 2.83. The number of rotatable bonds is 2. The summed E-state index contributed by atoms with van der Waals surface area (Å²) in [5.41, 5.74) is 0.613. The van der Waals surface area contributed by atoms with E-state index in [2.05, 4.69) is 4.98 Å². The lowest BCUT2D eigenvalue weighted by molar-refractivity contribution is -0.875. The molecule has 0 aliphatic heterocycles. The number of hydrogen-bond donors (Lipinski definition) is 0. The number of aromatic nitrogens is 2. The average Bonchev–Trinajstić information content (AvgIpc) is 2.31. The summed E-state index contributed by atoms with van der Waals surface area (Å²) >= 11 is 0. The van der Waals surface area contributed by atoms with Crippen LogP contribution in [0.4, 0.5) is 0 Å². The molecule has 0 saturated heterocycles. The second kappa shape index (κ2) is 4.20. The van der Waals surface area contributed by atoms with Gasteiger partial charge in [0.15, 0.2) is 0 Å². The van der Waals surface area contributed by atoms with E-state index in [0.717, 1.165) is 0 Å². The normalized spacial score (nSPS) is 9.27. The minimum atomic E-state index is 0.613. The van der Waals surface area contributed by atoms with Gasteiger partial charge in [0.2, 0.25) is 18.1 Å². The van der Waals surface area contributed by atoms with Crippen LogP contribution in [0.3, 0.4) is 0 Å². The first kappa shape index (κ1) is 9.16. The standard InChI is InChI=1S/C11H8N3O/c12-9-10-1-3-11(4-2-10)15-14-7-5-13-6-8-14/h1-8H/q+1. The fourth-order valence-electron chi connectivity index (χ4n) is 1.08. The minimum absolute atomic E-state index is 0.613. The van der Waals surface area contributed by atoms with Crippen LogP contribution in [0.2, 0.25) is 0 Å². The molecule has 0 bridgehead atoms. The molecule has 0 spiro atoms. The van der Waals surface area contributed by atoms with Crippen LogP contribution in [0.15, 0.2) is 49.1 Å². The molecule has 0 N–H and O–H groups in total. The maximum Gasteiger partial charge on any atom is 0.241 e. The van der Waals surface area contributed by atoms with Gasteiger partial charge >= 0.3 is 0 Å². The van der Waals surface area contributed by atoms with E-state index in [0.29, 0.717) is 11.3 Å². The second-order valence-corrected chi connectivity index (χ2v) is 2.83. The molecule has 0 amide bonds. The summed E-state index contributed by atoms with van der Waals surface area (Å²) in [6.45, 7) is 0. The molecular formula is C11H8N3O+. The fraction of sp³-hybridized carbons (Fsp3) is 0. The molecule has 0 unspecified atom stereocenters. The molecule has 0 radical (unpaired) electrons. The van der Waals surface area contributed by atoms with Crippen molar-refractivity contribution in [2.45, 2.75) is 0 Å². The first-order chi connectivity index (χ1) is 7.38. The van der Waals surface area contributed by atoms with Crippen LogP contribution in [0.5, 0.6) is 5.75 Å². The van der Waals surface area contributed by atoms with Gasteiger partial charge in [-0.2, -0.15) is 5.26 Å². The third-order valence-electron chi connectivity index (χ3n) is 1.79. The van der Waals surface area contributed by atoms with Gasteiger partial charge < -0.3 is 0 Å². The highest BCUT2D eigenvalue weighted by atomic mass is 16.7. The SMILES string of the molecule is N#Cc1ccc(O[n+]2ccncc2)cc1. The van der Waals surface area contributed by atoms with Crippen LogP contribution in [0.25, 0.3) is 0 Å². The Kier molecular flexibility index (Phi) is 2.56. The van der Waals surface area contributed by atoms with E-state index in [-0.39, 0.29) is 0 Å². The molecule has 72 valence electrons. The molecule has 2 rings (SSSR count). The molecule has 1 aromatic heterocycles. The zero-order chi connectivity index (χ0) is 10.5. The Hall–Kier alpha value is -2.41. The lowest BCUT2D eigenvalue weighted by atomic mass is 10.2. The van der Waals surface area contributed by atoms with Crippen molar-refractivity contribution in [3.63, 3.8) is 0 Å². The summed E-state index contributed by atoms with van der Waals surface area (Å²) < 4.78 is 1.54. The van der Waals surface area contributed by atoms with E-state index in [1.807, 2.05) is 6.07 Å². The zero-order valence-electron chi connectivity index (χ0n) is 7.87. The van der Waals surface area contributed by atoms with Crippen LogP contribution < -0.4 is 9.57 Å². The first-order valence-electron chi connectivity index (χ1n) is 4.38. The zero-order valence-corrected chi connectivity index (χ0v) is 7.87. The summed E-state index contributed by atoms with van der Waals surface area (Å²) in [6, 6.07) is 8.94. The maximum atomic E-state index is 8.61. The van der Waals surface area contributed by atoms with Crippen molar-refractivity contribution >= 4 is 0 Å². The highest BCUT2D eigenvalue weighted by Crippen LogP contribution is 2.09. The van der Waals surface area contributed by atoms with Crippen LogP contribution in [-0.2, 0) is 0 Å². The predicted molar refractivity (Wildman–Crippen MR) is 51.6 cm³/mol. The van der Waals surface area contributed by atoms with Gasteiger partial charge in [-0.05, 0) is 24.3 Å². The Morgan fingerprint density at radius 2 is 1.80 bits per heavy atom. The molecule has 0 aliphatic carbocycles. The van der Waals surface area contributed by atoms with Crippen molar-refractivity contribution in [1.82, 2.24) is 4.98 Å². The lowest BCUT2D eigenvalue weighted by Crippen LogP contribution is -2.38. The van der Waals surface area contributed by atoms with Crippen molar-refractivity contribution in [2.24, 2.45) is 0 Å². The van der Waals surface area contributed by atoms with Crippen molar-refractivity contribution in [3.05, 3.63) is 54.6 Å². The molecule has 2 aromatic rings. The molecular weight excluding hydrogens is 190 g/mol. The summed E-state index contributed by atoms with van der Waals surface area (Å²) in [5.74, 6) is 0.671. The molecule has 1 heterocycles. The minimum Gasteiger partial charge on any atom is -0.252 e. The number of benzene rings is 1. The molecule has 4 heteroatoms. The van der Waals surface area contributed by atoms with Gasteiger partial charge in [-0.25, -0.2) is 4.84 Å². The number of nitrogens with zero attached hydrogens (tertiary/aromatic N) is 3. The van der Waals surface area contributed by atoms with Gasteiger partial charge in [0.1, 0.15) is 0 Å². The Morgan fingerprint density at radius 3 is 2.40 bits per heavy atom. The van der Waals surface area contributed by atoms with E-state index in [4.69, 9.17) is 10.1 Å². The van der Waals surface area contributed by atoms with Crippen LogP contribution in [0.1, 0.15) is 5.56 Å². The highest BCUT2D eigenvalue weighted by Gasteiger charge is 2.02. The lowest BCUT2D eigenvalue weighted by Gasteiger charge is -1.96. The monoisotopic (exact) mass is 198 g/mol. The van der Waals surface area contributed by atoms with Crippen LogP contribution >= 0.6 is 0 Å². The molecule has 0 fully saturated rings. The summed E-state index contributed by atoms with van der Waals surface area (Å²) in [4.78, 5) is 9.32. The third-order valence-corrected chi connectivity index (χ3v) is 1.79. The van der Waals surface area contributed by atoms with Gasteiger partial charge in [0.25, 0.3) is 0 Å². The molecule has 15 heavy (non-hydrogen) atoms. The first-order valence-corrected chi connectivity index (χ1v) is 4.38. The van der Waals surface area contributed by atoms with Crippen molar-refractivity contribution in [3.8, 4) is 11.8 Å². The van der Waals surface area contributed by atoms with Gasteiger partial charge in [-0.3, -0.25) is 4.98 Å². The molecule has 0 aliphatic rings. The Balaban J connectivity index is 2.16. The quantitative estimate of drug-likeness (QED) is 0.678. The largest absolute Gasteiger partial charge is 0.252 e. The maximum absolute atomic E-state index is 8.61. The van der Waals surface area contributed by atoms with Gasteiger partial charge in [-0.1, -0.05) is 0 Å². The van der Waals surface area contributed by atoms with Crippen LogP contribution in [0, 0.1) is 11.3 Å². The summed E-state index contributed by atoms with van der Waals surface area (Å²) in [5, 5.41) is 8.61. The summed E-state index contributed by atoms with van der Waals surface area (Å²) in [7, 11) is 0. The molecule has 4 nitrogen and oxygen atoms in total. The third kappa shape index (κ3) is 2.29. The smallest absolute Gasteiger partial charge is 0.241 e. The van der Waals surface area contributed by atoms with E-state index in [1.165, 1.54) is 4.73 Å². The van der Waals surface area contributed by atoms with Crippen molar-refractivity contribution < 1.29 is 9.57 Å². The highest BCUT2D eigenvalue weighted by molar-refractivity contribution is 5.34. The predicted octanol–water partition coefficient (Wildman–Crippen LogP) is 1.08. The van der Waals surface area contributed by atoms with Gasteiger partial charge in [-0.15, -0.1) is 0 Å². The molecule has 0 saturated carbocycles. The van der Waals surface area contributed by atoms with E-state index in [9.17, 15) is 0 Å². The van der Waals surface area contributed by atoms with Gasteiger partial charge in [0, 0.05) is 4.73 Å². The Labute approximate surface area is 87.0 Å². The van der Waals surface area contributed by atoms with E-state index in [1.54, 1.807) is 49.1 Å². The number of nitriles is 1. The Bertz CT molecular complexity index is 473. The average molecular weight is 198 g/mol. The fourth-order valence-corrected chi connectivity index (χ4v) is 1.08. The van der Waals surface area contributed by atoms with Crippen LogP contribution in [-0.4, -0.2) is 4.98 Å². The van der Waals surface area contributed by atoms with Crippen molar-refractivity contribution in [1.29, 1.82) is 5.26 Å². The van der Waals surface area contributed by atoms with E-state index >= 15 is 0 Å². The van der Waals surface area contributed by atoms with Crippen molar-refractivity contribution in [2.75, 3.05) is 0 Å². The summed E-state index contributed by atoms with van der Waals surface area (Å²) in [6.07, 6.45) is 6.64. The van der Waals surface area contributed by atoms with E-state index < -0.39 is 0 Å².